The van der Waals surface area contributed by atoms with Crippen molar-refractivity contribution >= 4 is 5.69 Å². The first-order chi connectivity index (χ1) is 5.97. The summed E-state index contributed by atoms with van der Waals surface area (Å²) in [6.07, 6.45) is -4.45. The van der Waals surface area contributed by atoms with E-state index in [0.717, 1.165) is 5.92 Å². The maximum Gasteiger partial charge on any atom is 0.458 e. The SMILES string of the molecule is Nc1cccc(C#CC(F)(F)F)c1. The highest BCUT2D eigenvalue weighted by atomic mass is 19.4. The van der Waals surface area contributed by atoms with E-state index in [1.54, 1.807) is 12.1 Å². The molecule has 0 saturated heterocycles. The Morgan fingerprint density at radius 1 is 1.23 bits per heavy atom. The van der Waals surface area contributed by atoms with Crippen LogP contribution >= 0.6 is 0 Å². The predicted octanol–water partition coefficient (Wildman–Crippen LogP) is 2.18. The van der Waals surface area contributed by atoms with Gasteiger partial charge in [0.1, 0.15) is 0 Å². The molecule has 0 unspecified atom stereocenters. The molecule has 0 amide bonds. The highest BCUT2D eigenvalue weighted by Gasteiger charge is 2.22. The fourth-order valence-electron chi connectivity index (χ4n) is 0.759. The van der Waals surface area contributed by atoms with Gasteiger partial charge < -0.3 is 5.73 Å². The molecule has 0 aliphatic heterocycles. The van der Waals surface area contributed by atoms with Crippen LogP contribution in [0.3, 0.4) is 0 Å². The number of anilines is 1. The summed E-state index contributed by atoms with van der Waals surface area (Å²) in [6, 6.07) is 5.99. The number of alkyl halides is 3. The Labute approximate surface area is 73.4 Å². The van der Waals surface area contributed by atoms with E-state index in [4.69, 9.17) is 5.73 Å². The quantitative estimate of drug-likeness (QED) is 0.486. The van der Waals surface area contributed by atoms with E-state index >= 15 is 0 Å². The van der Waals surface area contributed by atoms with Crippen molar-refractivity contribution in [3.8, 4) is 11.8 Å². The first-order valence-corrected chi connectivity index (χ1v) is 3.43. The molecule has 0 heterocycles. The molecule has 0 fully saturated rings. The molecule has 4 heteroatoms. The Bertz CT molecular complexity index is 357. The van der Waals surface area contributed by atoms with Crippen molar-refractivity contribution < 1.29 is 13.2 Å². The van der Waals surface area contributed by atoms with Crippen molar-refractivity contribution in [3.63, 3.8) is 0 Å². The molecule has 13 heavy (non-hydrogen) atoms. The van der Waals surface area contributed by atoms with E-state index in [1.165, 1.54) is 12.1 Å². The van der Waals surface area contributed by atoms with Crippen molar-refractivity contribution in [1.82, 2.24) is 0 Å². The monoisotopic (exact) mass is 185 g/mol. The maximum atomic E-state index is 11.6. The van der Waals surface area contributed by atoms with Crippen molar-refractivity contribution in [2.75, 3.05) is 5.73 Å². The van der Waals surface area contributed by atoms with Crippen molar-refractivity contribution in [3.05, 3.63) is 29.8 Å². The van der Waals surface area contributed by atoms with Crippen molar-refractivity contribution in [2.24, 2.45) is 0 Å². The summed E-state index contributed by atoms with van der Waals surface area (Å²) in [6.45, 7) is 0. The molecule has 0 aliphatic carbocycles. The zero-order chi connectivity index (χ0) is 9.90. The van der Waals surface area contributed by atoms with E-state index in [-0.39, 0.29) is 5.56 Å². The first-order valence-electron chi connectivity index (χ1n) is 3.43. The fraction of sp³-hybridized carbons (Fsp3) is 0.111. The van der Waals surface area contributed by atoms with Gasteiger partial charge in [0, 0.05) is 17.2 Å². The average Bonchev–Trinajstić information content (AvgIpc) is 2.00. The lowest BCUT2D eigenvalue weighted by Gasteiger charge is -1.94. The van der Waals surface area contributed by atoms with Gasteiger partial charge >= 0.3 is 6.18 Å². The summed E-state index contributed by atoms with van der Waals surface area (Å²) in [5.74, 6) is 3.13. The minimum Gasteiger partial charge on any atom is -0.399 e. The zero-order valence-electron chi connectivity index (χ0n) is 6.52. The number of hydrogen-bond acceptors (Lipinski definition) is 1. The lowest BCUT2D eigenvalue weighted by atomic mass is 10.2. The Morgan fingerprint density at radius 3 is 2.46 bits per heavy atom. The van der Waals surface area contributed by atoms with Crippen LogP contribution in [-0.4, -0.2) is 6.18 Å². The lowest BCUT2D eigenvalue weighted by Crippen LogP contribution is -2.01. The summed E-state index contributed by atoms with van der Waals surface area (Å²) in [4.78, 5) is 0. The van der Waals surface area contributed by atoms with Crippen molar-refractivity contribution in [1.29, 1.82) is 0 Å². The van der Waals surface area contributed by atoms with E-state index in [1.807, 2.05) is 5.92 Å². The summed E-state index contributed by atoms with van der Waals surface area (Å²) >= 11 is 0. The number of hydrogen-bond donors (Lipinski definition) is 1. The Morgan fingerprint density at radius 2 is 1.92 bits per heavy atom. The Balaban J connectivity index is 2.90. The molecule has 0 radical (unpaired) electrons. The molecular weight excluding hydrogens is 179 g/mol. The number of halogens is 3. The third kappa shape index (κ3) is 3.52. The van der Waals surface area contributed by atoms with Gasteiger partial charge in [-0.15, -0.1) is 0 Å². The van der Waals surface area contributed by atoms with Gasteiger partial charge in [0.2, 0.25) is 0 Å². The molecule has 0 spiro atoms. The van der Waals surface area contributed by atoms with Gasteiger partial charge in [-0.1, -0.05) is 12.0 Å². The van der Waals surface area contributed by atoms with Gasteiger partial charge in [-0.2, -0.15) is 13.2 Å². The van der Waals surface area contributed by atoms with Gasteiger partial charge in [-0.3, -0.25) is 0 Å². The summed E-state index contributed by atoms with van der Waals surface area (Å²) < 4.78 is 34.9. The van der Waals surface area contributed by atoms with Crippen molar-refractivity contribution in [2.45, 2.75) is 6.18 Å². The van der Waals surface area contributed by atoms with Crippen LogP contribution in [0, 0.1) is 11.8 Å². The zero-order valence-corrected chi connectivity index (χ0v) is 6.52. The summed E-state index contributed by atoms with van der Waals surface area (Å²) in [5, 5.41) is 0. The van der Waals surface area contributed by atoms with E-state index in [2.05, 4.69) is 0 Å². The maximum absolute atomic E-state index is 11.6. The van der Waals surface area contributed by atoms with Crippen LogP contribution in [0.25, 0.3) is 0 Å². The van der Waals surface area contributed by atoms with Crippen LogP contribution in [0.4, 0.5) is 18.9 Å². The second-order valence-corrected chi connectivity index (χ2v) is 2.37. The van der Waals surface area contributed by atoms with Crippen LogP contribution in [0.5, 0.6) is 0 Å². The first kappa shape index (κ1) is 9.46. The number of nitrogens with two attached hydrogens (primary N) is 1. The molecule has 0 aliphatic rings. The molecule has 1 aromatic rings. The molecule has 68 valence electrons. The minimum absolute atomic E-state index is 0.261. The average molecular weight is 185 g/mol. The van der Waals surface area contributed by atoms with Gasteiger partial charge in [0.25, 0.3) is 0 Å². The molecule has 2 N–H and O–H groups in total. The number of nitrogen functional groups attached to an aromatic ring is 1. The Hall–Kier alpha value is -1.63. The predicted molar refractivity (Wildman–Crippen MR) is 43.8 cm³/mol. The van der Waals surface area contributed by atoms with E-state index in [0.29, 0.717) is 5.69 Å². The molecule has 1 rings (SSSR count). The summed E-state index contributed by atoms with van der Waals surface area (Å²) in [7, 11) is 0. The van der Waals surface area contributed by atoms with E-state index in [9.17, 15) is 13.2 Å². The largest absolute Gasteiger partial charge is 0.458 e. The van der Waals surface area contributed by atoms with E-state index < -0.39 is 6.18 Å². The number of benzene rings is 1. The topological polar surface area (TPSA) is 26.0 Å². The van der Waals surface area contributed by atoms with Crippen LogP contribution < -0.4 is 5.73 Å². The highest BCUT2D eigenvalue weighted by molar-refractivity contribution is 5.47. The summed E-state index contributed by atoms with van der Waals surface area (Å²) in [5.41, 5.74) is 6.01. The molecule has 0 aromatic heterocycles. The third-order valence-corrected chi connectivity index (χ3v) is 1.24. The lowest BCUT2D eigenvalue weighted by molar-refractivity contribution is -0.0696. The fourth-order valence-corrected chi connectivity index (χ4v) is 0.759. The molecule has 1 nitrogen and oxygen atoms in total. The van der Waals surface area contributed by atoms with Crippen LogP contribution in [-0.2, 0) is 0 Å². The second kappa shape index (κ2) is 3.40. The van der Waals surface area contributed by atoms with Gasteiger partial charge in [0.15, 0.2) is 0 Å². The highest BCUT2D eigenvalue weighted by Crippen LogP contribution is 2.13. The third-order valence-electron chi connectivity index (χ3n) is 1.24. The van der Waals surface area contributed by atoms with Crippen LogP contribution in [0.2, 0.25) is 0 Å². The Kier molecular flexibility index (Phi) is 2.47. The molecule has 1 aromatic carbocycles. The smallest absolute Gasteiger partial charge is 0.399 e. The molecule has 0 saturated carbocycles. The molecular formula is C9H6F3N. The standard InChI is InChI=1S/C9H6F3N/c10-9(11,12)5-4-7-2-1-3-8(13)6-7/h1-3,6H,13H2. The van der Waals surface area contributed by atoms with Crippen LogP contribution in [0.15, 0.2) is 24.3 Å². The van der Waals surface area contributed by atoms with Crippen LogP contribution in [0.1, 0.15) is 5.56 Å². The molecule has 0 atom stereocenters. The number of rotatable bonds is 0. The second-order valence-electron chi connectivity index (χ2n) is 2.37. The van der Waals surface area contributed by atoms with Gasteiger partial charge in [0.05, 0.1) is 0 Å². The van der Waals surface area contributed by atoms with Gasteiger partial charge in [-0.25, -0.2) is 0 Å². The minimum atomic E-state index is -4.45. The molecule has 0 bridgehead atoms. The van der Waals surface area contributed by atoms with Gasteiger partial charge in [-0.05, 0) is 18.2 Å². The normalized spacial score (nSPS) is 10.4.